The number of nitrogens with zero attached hydrogens (tertiary/aromatic N) is 2. The van der Waals surface area contributed by atoms with Crippen LogP contribution in [0.2, 0.25) is 0 Å². The molecule has 1 aromatic carbocycles. The highest BCUT2D eigenvalue weighted by atomic mass is 32.2. The van der Waals surface area contributed by atoms with Crippen molar-refractivity contribution < 1.29 is 17.4 Å². The fraction of sp³-hybridized carbons (Fsp3) is 0.600. The van der Waals surface area contributed by atoms with E-state index in [1.54, 1.807) is 29.2 Å². The molecule has 2 fully saturated rings. The van der Waals surface area contributed by atoms with Crippen molar-refractivity contribution in [1.29, 1.82) is 5.26 Å². The second kappa shape index (κ2) is 9.03. The SMILES string of the molecule is Cc1ccc(S(=O)(=O)OCCC[C@@H]2CN[C@@H](C(=O)N3CCC[C@H]3C#N)C2)cc1. The topological polar surface area (TPSA) is 99.5 Å². The van der Waals surface area contributed by atoms with Crippen molar-refractivity contribution in [1.82, 2.24) is 10.2 Å². The van der Waals surface area contributed by atoms with Gasteiger partial charge in [-0.3, -0.25) is 8.98 Å². The van der Waals surface area contributed by atoms with Crippen LogP contribution in [-0.2, 0) is 19.1 Å². The van der Waals surface area contributed by atoms with E-state index in [0.717, 1.165) is 37.8 Å². The maximum Gasteiger partial charge on any atom is 0.296 e. The molecule has 152 valence electrons. The summed E-state index contributed by atoms with van der Waals surface area (Å²) in [6, 6.07) is 8.26. The third-order valence-corrected chi connectivity index (χ3v) is 6.84. The fourth-order valence-corrected chi connectivity index (χ4v) is 4.84. The summed E-state index contributed by atoms with van der Waals surface area (Å²) < 4.78 is 29.5. The summed E-state index contributed by atoms with van der Waals surface area (Å²) in [7, 11) is -3.72. The van der Waals surface area contributed by atoms with E-state index in [2.05, 4.69) is 11.4 Å². The van der Waals surface area contributed by atoms with Gasteiger partial charge in [0.15, 0.2) is 0 Å². The Morgan fingerprint density at radius 2 is 2.11 bits per heavy atom. The molecule has 0 radical (unpaired) electrons. The first kappa shape index (κ1) is 20.8. The minimum atomic E-state index is -3.72. The van der Waals surface area contributed by atoms with E-state index in [1.807, 2.05) is 6.92 Å². The zero-order valence-corrected chi connectivity index (χ0v) is 17.0. The molecule has 1 N–H and O–H groups in total. The van der Waals surface area contributed by atoms with Crippen LogP contribution in [0.25, 0.3) is 0 Å². The Kier molecular flexibility index (Phi) is 6.70. The highest BCUT2D eigenvalue weighted by molar-refractivity contribution is 7.86. The van der Waals surface area contributed by atoms with Gasteiger partial charge in [-0.25, -0.2) is 0 Å². The standard InChI is InChI=1S/C20H27N3O4S/c1-15-6-8-18(9-7-15)28(25,26)27-11-3-4-16-12-19(22-14-16)20(24)23-10-2-5-17(23)13-21/h6-9,16-17,19,22H,2-5,10-12,14H2,1H3/t16-,17-,19+/m0/s1. The number of carbonyl (C=O) groups is 1. The van der Waals surface area contributed by atoms with Gasteiger partial charge in [0, 0.05) is 6.54 Å². The lowest BCUT2D eigenvalue weighted by molar-refractivity contribution is -0.133. The predicted molar refractivity (Wildman–Crippen MR) is 104 cm³/mol. The smallest absolute Gasteiger partial charge is 0.296 e. The van der Waals surface area contributed by atoms with E-state index < -0.39 is 10.1 Å². The summed E-state index contributed by atoms with van der Waals surface area (Å²) >= 11 is 0. The zero-order valence-electron chi connectivity index (χ0n) is 16.1. The summed E-state index contributed by atoms with van der Waals surface area (Å²) in [6.45, 7) is 3.42. The Hall–Kier alpha value is -1.95. The lowest BCUT2D eigenvalue weighted by Crippen LogP contribution is -2.45. The molecule has 2 aliphatic rings. The molecule has 2 heterocycles. The molecule has 2 aliphatic heterocycles. The van der Waals surface area contributed by atoms with E-state index in [0.29, 0.717) is 18.9 Å². The summed E-state index contributed by atoms with van der Waals surface area (Å²) in [6.07, 6.45) is 3.76. The molecule has 3 atom stereocenters. The van der Waals surface area contributed by atoms with Gasteiger partial charge in [0.25, 0.3) is 10.1 Å². The number of benzene rings is 1. The normalized spacial score (nSPS) is 25.0. The summed E-state index contributed by atoms with van der Waals surface area (Å²) in [4.78, 5) is 14.5. The van der Waals surface area contributed by atoms with Gasteiger partial charge in [-0.15, -0.1) is 0 Å². The maximum atomic E-state index is 12.6. The minimum Gasteiger partial charge on any atom is -0.325 e. The number of hydrogen-bond acceptors (Lipinski definition) is 6. The second-order valence-electron chi connectivity index (χ2n) is 7.61. The van der Waals surface area contributed by atoms with Gasteiger partial charge in [0.1, 0.15) is 6.04 Å². The first-order valence-corrected chi connectivity index (χ1v) is 11.2. The molecule has 0 spiro atoms. The molecule has 1 aromatic rings. The molecular formula is C20H27N3O4S. The van der Waals surface area contributed by atoms with Crippen molar-refractivity contribution in [2.24, 2.45) is 5.92 Å². The van der Waals surface area contributed by atoms with Gasteiger partial charge in [-0.1, -0.05) is 17.7 Å². The van der Waals surface area contributed by atoms with Crippen LogP contribution >= 0.6 is 0 Å². The molecule has 2 saturated heterocycles. The zero-order chi connectivity index (χ0) is 20.1. The van der Waals surface area contributed by atoms with Crippen molar-refractivity contribution >= 4 is 16.0 Å². The van der Waals surface area contributed by atoms with Crippen molar-refractivity contribution in [3.05, 3.63) is 29.8 Å². The van der Waals surface area contributed by atoms with Crippen molar-refractivity contribution in [3.63, 3.8) is 0 Å². The third kappa shape index (κ3) is 4.90. The predicted octanol–water partition coefficient (Wildman–Crippen LogP) is 1.97. The molecule has 8 heteroatoms. The van der Waals surface area contributed by atoms with Gasteiger partial charge in [0.05, 0.1) is 23.6 Å². The second-order valence-corrected chi connectivity index (χ2v) is 9.23. The molecule has 0 bridgehead atoms. The lowest BCUT2D eigenvalue weighted by atomic mass is 9.99. The molecule has 0 saturated carbocycles. The maximum absolute atomic E-state index is 12.6. The van der Waals surface area contributed by atoms with Gasteiger partial charge in [-0.2, -0.15) is 13.7 Å². The molecule has 0 unspecified atom stereocenters. The van der Waals surface area contributed by atoms with Gasteiger partial charge in [-0.05, 0) is 63.6 Å². The number of aryl methyl sites for hydroxylation is 1. The number of nitrogens with one attached hydrogen (secondary N) is 1. The number of nitriles is 1. The molecule has 0 aliphatic carbocycles. The summed E-state index contributed by atoms with van der Waals surface area (Å²) in [5, 5.41) is 12.4. The Bertz CT molecular complexity index is 832. The van der Waals surface area contributed by atoms with E-state index in [4.69, 9.17) is 9.44 Å². The van der Waals surface area contributed by atoms with E-state index in [-0.39, 0.29) is 29.5 Å². The van der Waals surface area contributed by atoms with Gasteiger partial charge < -0.3 is 10.2 Å². The monoisotopic (exact) mass is 405 g/mol. The molecular weight excluding hydrogens is 378 g/mol. The lowest BCUT2D eigenvalue weighted by Gasteiger charge is -2.23. The first-order chi connectivity index (χ1) is 13.4. The minimum absolute atomic E-state index is 0.0183. The number of hydrogen-bond donors (Lipinski definition) is 1. The summed E-state index contributed by atoms with van der Waals surface area (Å²) in [5.41, 5.74) is 0.992. The fourth-order valence-electron chi connectivity index (χ4n) is 3.90. The van der Waals surface area contributed by atoms with Crippen LogP contribution in [0.5, 0.6) is 0 Å². The van der Waals surface area contributed by atoms with E-state index >= 15 is 0 Å². The number of rotatable bonds is 7. The number of carbonyl (C=O) groups excluding carboxylic acids is 1. The molecule has 1 amide bonds. The average Bonchev–Trinajstić information content (AvgIpc) is 3.34. The van der Waals surface area contributed by atoms with Crippen molar-refractivity contribution in [3.8, 4) is 6.07 Å². The van der Waals surface area contributed by atoms with Crippen LogP contribution in [0.1, 0.15) is 37.7 Å². The third-order valence-electron chi connectivity index (χ3n) is 5.51. The number of likely N-dealkylation sites (tertiary alicyclic amines) is 1. The summed E-state index contributed by atoms with van der Waals surface area (Å²) in [5.74, 6) is 0.326. The Morgan fingerprint density at radius 1 is 1.36 bits per heavy atom. The first-order valence-electron chi connectivity index (χ1n) is 9.80. The molecule has 0 aromatic heterocycles. The molecule has 3 rings (SSSR count). The van der Waals surface area contributed by atoms with Crippen LogP contribution in [0.3, 0.4) is 0 Å². The van der Waals surface area contributed by atoms with Crippen LogP contribution < -0.4 is 5.32 Å². The molecule has 7 nitrogen and oxygen atoms in total. The average molecular weight is 406 g/mol. The van der Waals surface area contributed by atoms with Crippen LogP contribution in [0.15, 0.2) is 29.2 Å². The Balaban J connectivity index is 1.41. The van der Waals surface area contributed by atoms with Crippen molar-refractivity contribution in [2.45, 2.75) is 56.0 Å². The highest BCUT2D eigenvalue weighted by Gasteiger charge is 2.36. The van der Waals surface area contributed by atoms with Crippen LogP contribution in [0, 0.1) is 24.2 Å². The van der Waals surface area contributed by atoms with Crippen LogP contribution in [0.4, 0.5) is 0 Å². The van der Waals surface area contributed by atoms with E-state index in [9.17, 15) is 13.2 Å². The number of amides is 1. The van der Waals surface area contributed by atoms with Gasteiger partial charge >= 0.3 is 0 Å². The Morgan fingerprint density at radius 3 is 2.82 bits per heavy atom. The Labute approximate surface area is 166 Å². The highest BCUT2D eigenvalue weighted by Crippen LogP contribution is 2.24. The van der Waals surface area contributed by atoms with Gasteiger partial charge in [0.2, 0.25) is 5.91 Å². The van der Waals surface area contributed by atoms with Crippen molar-refractivity contribution in [2.75, 3.05) is 19.7 Å². The largest absolute Gasteiger partial charge is 0.325 e. The van der Waals surface area contributed by atoms with Crippen LogP contribution in [-0.4, -0.2) is 51.0 Å². The van der Waals surface area contributed by atoms with E-state index in [1.165, 1.54) is 0 Å². The molecule has 28 heavy (non-hydrogen) atoms. The quantitative estimate of drug-likeness (QED) is 0.550.